The number of morpholine rings is 1. The molecule has 1 fully saturated rings. The van der Waals surface area contributed by atoms with Gasteiger partial charge in [0, 0.05) is 151 Å². The van der Waals surface area contributed by atoms with Crippen molar-refractivity contribution in [1.82, 2.24) is 9.44 Å². The first-order valence-electron chi connectivity index (χ1n) is 40.9. The molecule has 1 saturated heterocycles. The second-order valence-electron chi connectivity index (χ2n) is 33.5. The summed E-state index contributed by atoms with van der Waals surface area (Å²) < 4.78 is 116. The third-order valence-electron chi connectivity index (χ3n) is 16.7. The summed E-state index contributed by atoms with van der Waals surface area (Å²) in [6.45, 7) is 40.8. The Kier molecular flexibility index (Phi) is 58.9. The molecule has 1 amide bonds. The van der Waals surface area contributed by atoms with Crippen LogP contribution in [0.2, 0.25) is 0 Å². The predicted octanol–water partition coefficient (Wildman–Crippen LogP) is 14.5. The summed E-state index contributed by atoms with van der Waals surface area (Å²) in [5.74, 6) is -0.0486. The van der Waals surface area contributed by atoms with Gasteiger partial charge in [0.1, 0.15) is 0 Å². The van der Waals surface area contributed by atoms with Crippen molar-refractivity contribution in [1.29, 1.82) is 0 Å². The second kappa shape index (κ2) is 61.1. The molecule has 6 rings (SSSR count). The number of amides is 1. The monoisotopic (exact) mass is 1740 g/mol. The summed E-state index contributed by atoms with van der Waals surface area (Å²) in [6.07, 6.45) is 16.5. The van der Waals surface area contributed by atoms with E-state index >= 15 is 0 Å². The summed E-state index contributed by atoms with van der Waals surface area (Å²) in [6, 6.07) is 40.2. The molecular weight excluding hydrogens is 1580 g/mol. The van der Waals surface area contributed by atoms with Gasteiger partial charge >= 0.3 is 0 Å². The van der Waals surface area contributed by atoms with Crippen LogP contribution in [0.1, 0.15) is 221 Å². The predicted molar refractivity (Wildman–Crippen MR) is 500 cm³/mol. The number of nitrogens with one attached hydrogen (secondary N) is 8. The molecule has 18 N–H and O–H groups in total. The van der Waals surface area contributed by atoms with Gasteiger partial charge in [-0.15, -0.1) is 0 Å². The van der Waals surface area contributed by atoms with Gasteiger partial charge in [0.05, 0.1) is 21.7 Å². The Balaban J connectivity index is 0. The lowest BCUT2D eigenvalue weighted by Crippen LogP contribution is -2.45. The quantitative estimate of drug-likeness (QED) is 0.00997. The van der Waals surface area contributed by atoms with Crippen LogP contribution in [0, 0.1) is 0 Å². The standard InChI is InChI=1S/C21H37N3O3S.C17H31N3O2S.C13H21N3O.2C11H19N3.3C4H10O2S/c1-17-15-24(16-18(2)27-17)20-11-9-19(10-12-20)22-13-7-6-8-14-23-28(25,26)21(3,4)5;1-17(2,3)23(21,22)19-13-8-6-7-12-18-15-10-9-11-16(14-15)20(4)5;1-11(17)16-13-7-5-12(6-8-13)15-10-4-2-3-9-14;12-8-2-1-3-9-14-11-6-4-10(13)5-7-11;12-7-2-1-3-8-14-11-6-4-5-10(13)9-11;3*1-4(2,3)7(5)6/h9-12,17-18,22-23H,6-8,13-16H2,1-5H3;9-11,14,18-19H,6-8,12-13H2,1-5H3;5-8,15H,2-4,9-10,14H2,1H3,(H,16,17);4-7,14H,1-3,8-9,12-13H2;4-6,9,14H,1-3,7-8,12-13H2;3*1-3H3,(H,5,6)/p-3/t17-,18+;;;;;;;. The molecule has 0 saturated carbocycles. The van der Waals surface area contributed by atoms with Crippen molar-refractivity contribution in [3.05, 3.63) is 121 Å². The van der Waals surface area contributed by atoms with Gasteiger partial charge in [-0.2, -0.15) is 0 Å². The minimum atomic E-state index is -3.23. The number of nitrogens with zero attached hydrogens (tertiary/aromatic N) is 2. The molecule has 0 bridgehead atoms. The molecule has 5 aromatic carbocycles. The Labute approximate surface area is 714 Å². The van der Waals surface area contributed by atoms with Crippen molar-refractivity contribution in [3.63, 3.8) is 0 Å². The van der Waals surface area contributed by atoms with Gasteiger partial charge in [-0.1, -0.05) is 44.2 Å². The third-order valence-corrected chi connectivity index (χ3v) is 24.1. The maximum Gasteiger partial charge on any atom is 0.221 e. The fourth-order valence-electron chi connectivity index (χ4n) is 9.40. The lowest BCUT2D eigenvalue weighted by molar-refractivity contribution is -0.114. The maximum atomic E-state index is 12.0. The molecule has 1 aliphatic rings. The Morgan fingerprint density at radius 3 is 1.03 bits per heavy atom. The zero-order chi connectivity index (χ0) is 89.5. The molecule has 27 nitrogen and oxygen atoms in total. The SMILES string of the molecule is CC(=O)Nc1ccc(NCCCCCN)cc1.CC(C)(C)S(=O)[O-].CC(C)(C)S(=O)[O-].CC(C)(C)S(=O)[O-].CN(C)c1cccc(NCCCCCNS(=O)(=O)C(C)(C)C)c1.C[C@@H]1CN(c2ccc(NCCCCCNS(=O)(=O)C(C)(C)C)cc2)C[C@H](C)O1.NCCCCCNc1ccc(N)cc1.NCCCCCNc1cccc(N)c1. The highest BCUT2D eigenvalue weighted by molar-refractivity contribution is 7.91. The van der Waals surface area contributed by atoms with Crippen LogP contribution < -0.4 is 79.8 Å². The highest BCUT2D eigenvalue weighted by Crippen LogP contribution is 2.24. The number of benzene rings is 5. The number of sulfonamides is 2. The molecule has 0 spiro atoms. The average Bonchev–Trinajstić information content (AvgIpc) is 0.871. The third kappa shape index (κ3) is 59.2. The smallest absolute Gasteiger partial charge is 0.221 e. The summed E-state index contributed by atoms with van der Waals surface area (Å²) >= 11 is -5.80. The van der Waals surface area contributed by atoms with Gasteiger partial charge in [0.15, 0.2) is 0 Å². The van der Waals surface area contributed by atoms with Crippen molar-refractivity contribution in [2.45, 2.75) is 257 Å². The summed E-state index contributed by atoms with van der Waals surface area (Å²) in [7, 11) is -2.40. The highest BCUT2D eigenvalue weighted by Gasteiger charge is 2.29. The van der Waals surface area contributed by atoms with E-state index in [1.54, 1.807) is 104 Å². The molecule has 0 aliphatic carbocycles. The van der Waals surface area contributed by atoms with Crippen molar-refractivity contribution < 1.29 is 52.7 Å². The van der Waals surface area contributed by atoms with Gasteiger partial charge in [-0.05, 0) is 344 Å². The van der Waals surface area contributed by atoms with Crippen molar-refractivity contribution in [2.75, 3.05) is 146 Å². The van der Waals surface area contributed by atoms with E-state index in [0.29, 0.717) is 13.1 Å². The lowest BCUT2D eigenvalue weighted by atomic mass is 10.2. The van der Waals surface area contributed by atoms with Crippen LogP contribution in [-0.4, -0.2) is 178 Å². The van der Waals surface area contributed by atoms with E-state index in [4.69, 9.17) is 33.4 Å². The molecule has 0 aromatic heterocycles. The molecule has 0 radical (unpaired) electrons. The molecule has 5 atom stereocenters. The normalized spacial score (nSPS) is 14.3. The number of hydrogen-bond donors (Lipinski definition) is 13. The van der Waals surface area contributed by atoms with E-state index in [1.165, 1.54) is 37.6 Å². The number of unbranched alkanes of at least 4 members (excludes halogenated alkanes) is 10. The number of carbonyl (C=O) groups excluding carboxylic acids is 1. The summed E-state index contributed by atoms with van der Waals surface area (Å²) in [5, 5.41) is 19.6. The van der Waals surface area contributed by atoms with Crippen molar-refractivity contribution in [2.24, 2.45) is 17.2 Å². The largest absolute Gasteiger partial charge is 0.772 e. The summed E-state index contributed by atoms with van der Waals surface area (Å²) in [4.78, 5) is 15.3. The Morgan fingerprint density at radius 2 is 0.718 bits per heavy atom. The van der Waals surface area contributed by atoms with E-state index in [1.807, 2.05) is 93.0 Å². The van der Waals surface area contributed by atoms with Crippen LogP contribution >= 0.6 is 0 Å². The fourth-order valence-corrected chi connectivity index (χ4v) is 11.1. The van der Waals surface area contributed by atoms with Gasteiger partial charge < -0.3 is 88.8 Å². The van der Waals surface area contributed by atoms with Crippen LogP contribution in [0.15, 0.2) is 121 Å². The average molecular weight is 1740 g/mol. The van der Waals surface area contributed by atoms with E-state index in [0.717, 1.165) is 188 Å². The van der Waals surface area contributed by atoms with Crippen LogP contribution in [-0.2, 0) is 62.8 Å². The van der Waals surface area contributed by atoms with E-state index < -0.39 is 77.0 Å². The lowest BCUT2D eigenvalue weighted by Gasteiger charge is -2.36. The van der Waals surface area contributed by atoms with Crippen molar-refractivity contribution >= 4 is 116 Å². The topological polar surface area (TPSA) is 448 Å². The molecule has 674 valence electrons. The zero-order valence-electron chi connectivity index (χ0n) is 74.5. The Bertz CT molecular complexity index is 3640. The Morgan fingerprint density at radius 1 is 0.427 bits per heavy atom. The van der Waals surface area contributed by atoms with Crippen LogP contribution in [0.4, 0.5) is 56.9 Å². The first kappa shape index (κ1) is 113. The first-order chi connectivity index (χ1) is 54.4. The van der Waals surface area contributed by atoms with Crippen LogP contribution in [0.3, 0.4) is 0 Å². The second-order valence-corrected chi connectivity index (χ2v) is 43.6. The number of rotatable bonds is 37. The van der Waals surface area contributed by atoms with E-state index in [2.05, 4.69) is 107 Å². The Hall–Kier alpha value is -6.24. The molecule has 1 heterocycles. The molecule has 5 aromatic rings. The van der Waals surface area contributed by atoms with Crippen molar-refractivity contribution in [3.8, 4) is 0 Å². The van der Waals surface area contributed by atoms with Crippen LogP contribution in [0.25, 0.3) is 0 Å². The van der Waals surface area contributed by atoms with Gasteiger partial charge in [0.2, 0.25) is 26.0 Å². The number of ether oxygens (including phenoxy) is 1. The number of hydrogen-bond acceptors (Lipinski definition) is 24. The number of nitrogen functional groups attached to an aromatic ring is 2. The van der Waals surface area contributed by atoms with Crippen LogP contribution in [0.5, 0.6) is 0 Å². The minimum Gasteiger partial charge on any atom is -0.772 e. The van der Waals surface area contributed by atoms with E-state index in [9.17, 15) is 47.9 Å². The zero-order valence-corrected chi connectivity index (χ0v) is 78.6. The van der Waals surface area contributed by atoms with Gasteiger partial charge in [-0.3, -0.25) is 17.4 Å². The molecular formula is C85H154N15O12S5-3. The minimum absolute atomic E-state index is 0.0486. The number of carbonyl (C=O) groups is 1. The molecule has 117 heavy (non-hydrogen) atoms. The molecule has 3 unspecified atom stereocenters. The first-order valence-corrected chi connectivity index (χ1v) is 47.0. The fraction of sp³-hybridized carbons (Fsp3) is 0.635. The number of nitrogens with two attached hydrogens (primary N) is 5. The number of anilines is 10. The van der Waals surface area contributed by atoms with Gasteiger partial charge in [-0.25, -0.2) is 26.3 Å². The molecule has 1 aliphatic heterocycles. The molecule has 32 heteroatoms. The highest BCUT2D eigenvalue weighted by atomic mass is 32.2. The van der Waals surface area contributed by atoms with Gasteiger partial charge in [0.25, 0.3) is 0 Å². The maximum absolute atomic E-state index is 12.0. The van der Waals surface area contributed by atoms with E-state index in [-0.39, 0.29) is 18.1 Å². The summed E-state index contributed by atoms with van der Waals surface area (Å²) in [5.41, 5.74) is 37.8.